The van der Waals surface area contributed by atoms with Crippen molar-refractivity contribution in [3.63, 3.8) is 0 Å². The first-order valence-corrected chi connectivity index (χ1v) is 5.30. The first-order chi connectivity index (χ1) is 8.23. The Hall–Kier alpha value is -2.11. The average molecular weight is 253 g/mol. The van der Waals surface area contributed by atoms with Crippen LogP contribution in [0.5, 0.6) is 5.75 Å². The summed E-state index contributed by atoms with van der Waals surface area (Å²) in [5.41, 5.74) is -0.633. The van der Waals surface area contributed by atoms with Crippen molar-refractivity contribution in [2.75, 3.05) is 7.11 Å². The van der Waals surface area contributed by atoms with Crippen molar-refractivity contribution in [2.24, 2.45) is 0 Å². The van der Waals surface area contributed by atoms with Crippen LogP contribution in [-0.2, 0) is 4.74 Å². The molecule has 0 bridgehead atoms. The third-order valence-electron chi connectivity index (χ3n) is 1.95. The number of hydrogen-bond donors (Lipinski definition) is 0. The Morgan fingerprint density at radius 1 is 1.28 bits per heavy atom. The summed E-state index contributed by atoms with van der Waals surface area (Å²) in [6.07, 6.45) is 0. The first kappa shape index (κ1) is 14.0. The van der Waals surface area contributed by atoms with Crippen LogP contribution < -0.4 is 4.74 Å². The largest absolute Gasteiger partial charge is 0.488 e. The zero-order chi connectivity index (χ0) is 13.9. The summed E-state index contributed by atoms with van der Waals surface area (Å²) in [7, 11) is 1.21. The number of nitro groups is 1. The summed E-state index contributed by atoms with van der Waals surface area (Å²) in [4.78, 5) is 21.6. The van der Waals surface area contributed by atoms with Crippen molar-refractivity contribution in [1.82, 2.24) is 0 Å². The van der Waals surface area contributed by atoms with E-state index in [1.54, 1.807) is 0 Å². The molecule has 6 nitrogen and oxygen atoms in total. The molecule has 0 N–H and O–H groups in total. The Kier molecular flexibility index (Phi) is 3.90. The van der Waals surface area contributed by atoms with Crippen LogP contribution in [0.3, 0.4) is 0 Å². The van der Waals surface area contributed by atoms with Crippen LogP contribution in [0.1, 0.15) is 31.1 Å². The number of carbonyl (C=O) groups is 1. The molecule has 0 unspecified atom stereocenters. The highest BCUT2D eigenvalue weighted by Crippen LogP contribution is 2.26. The van der Waals surface area contributed by atoms with E-state index in [9.17, 15) is 14.9 Å². The Balaban J connectivity index is 3.22. The standard InChI is InChI=1S/C12H15NO5/c1-12(2,3)18-10-6-8(11(14)17-4)5-9(7-10)13(15)16/h5-7H,1-4H3. The maximum Gasteiger partial charge on any atom is 0.338 e. The number of carbonyl (C=O) groups excluding carboxylic acids is 1. The van der Waals surface area contributed by atoms with E-state index in [-0.39, 0.29) is 17.0 Å². The van der Waals surface area contributed by atoms with E-state index in [4.69, 9.17) is 4.74 Å². The number of rotatable bonds is 3. The van der Waals surface area contributed by atoms with Gasteiger partial charge >= 0.3 is 5.97 Å². The molecule has 1 aromatic rings. The fraction of sp³-hybridized carbons (Fsp3) is 0.417. The van der Waals surface area contributed by atoms with Gasteiger partial charge in [0.1, 0.15) is 11.4 Å². The number of benzene rings is 1. The van der Waals surface area contributed by atoms with Crippen LogP contribution in [0, 0.1) is 10.1 Å². The molecule has 0 aliphatic carbocycles. The zero-order valence-electron chi connectivity index (χ0n) is 10.7. The Morgan fingerprint density at radius 2 is 1.89 bits per heavy atom. The van der Waals surface area contributed by atoms with Gasteiger partial charge in [-0.3, -0.25) is 10.1 Å². The van der Waals surface area contributed by atoms with E-state index in [1.807, 2.05) is 20.8 Å². The number of esters is 1. The number of nitrogens with zero attached hydrogens (tertiary/aromatic N) is 1. The molecule has 0 saturated heterocycles. The van der Waals surface area contributed by atoms with E-state index < -0.39 is 16.5 Å². The third kappa shape index (κ3) is 3.73. The minimum atomic E-state index is -0.641. The molecule has 0 aliphatic rings. The third-order valence-corrected chi connectivity index (χ3v) is 1.95. The second-order valence-corrected chi connectivity index (χ2v) is 4.68. The van der Waals surface area contributed by atoms with Gasteiger partial charge < -0.3 is 9.47 Å². The Bertz CT molecular complexity index is 476. The quantitative estimate of drug-likeness (QED) is 0.470. The van der Waals surface area contributed by atoms with Crippen LogP contribution in [0.25, 0.3) is 0 Å². The predicted molar refractivity (Wildman–Crippen MR) is 64.8 cm³/mol. The molecular weight excluding hydrogens is 238 g/mol. The smallest absolute Gasteiger partial charge is 0.338 e. The minimum absolute atomic E-state index is 0.0888. The zero-order valence-corrected chi connectivity index (χ0v) is 10.7. The van der Waals surface area contributed by atoms with Crippen molar-refractivity contribution < 1.29 is 19.2 Å². The highest BCUT2D eigenvalue weighted by atomic mass is 16.6. The SMILES string of the molecule is COC(=O)c1cc(OC(C)(C)C)cc([N+](=O)[O-])c1. The molecule has 98 valence electrons. The summed E-state index contributed by atoms with van der Waals surface area (Å²) in [5, 5.41) is 10.8. The van der Waals surface area contributed by atoms with Crippen molar-refractivity contribution in [2.45, 2.75) is 26.4 Å². The van der Waals surface area contributed by atoms with E-state index in [1.165, 1.54) is 19.2 Å². The average Bonchev–Trinajstić information content (AvgIpc) is 2.25. The second-order valence-electron chi connectivity index (χ2n) is 4.68. The van der Waals surface area contributed by atoms with Gasteiger partial charge in [-0.25, -0.2) is 4.79 Å². The Labute approximate surface area is 105 Å². The maximum atomic E-state index is 11.4. The number of nitro benzene ring substituents is 1. The van der Waals surface area contributed by atoms with Gasteiger partial charge in [0.05, 0.1) is 23.7 Å². The molecule has 0 spiro atoms. The molecule has 0 atom stereocenters. The van der Waals surface area contributed by atoms with Crippen LogP contribution in [0.15, 0.2) is 18.2 Å². The number of ether oxygens (including phenoxy) is 2. The highest BCUT2D eigenvalue weighted by Gasteiger charge is 2.19. The number of methoxy groups -OCH3 is 1. The first-order valence-electron chi connectivity index (χ1n) is 5.30. The molecule has 1 rings (SSSR count). The van der Waals surface area contributed by atoms with E-state index in [0.29, 0.717) is 0 Å². The lowest BCUT2D eigenvalue weighted by Gasteiger charge is -2.21. The van der Waals surface area contributed by atoms with Gasteiger partial charge in [0.25, 0.3) is 5.69 Å². The molecular formula is C12H15NO5. The molecule has 0 heterocycles. The number of hydrogen-bond acceptors (Lipinski definition) is 5. The monoisotopic (exact) mass is 253 g/mol. The van der Waals surface area contributed by atoms with Crippen molar-refractivity contribution in [3.05, 3.63) is 33.9 Å². The lowest BCUT2D eigenvalue weighted by atomic mass is 10.1. The van der Waals surface area contributed by atoms with Gasteiger partial charge in [0, 0.05) is 6.07 Å². The molecule has 0 fully saturated rings. The topological polar surface area (TPSA) is 78.7 Å². The summed E-state index contributed by atoms with van der Waals surface area (Å²) >= 11 is 0. The maximum absolute atomic E-state index is 11.4. The summed E-state index contributed by atoms with van der Waals surface area (Å²) in [6.45, 7) is 5.43. The highest BCUT2D eigenvalue weighted by molar-refractivity contribution is 5.90. The molecule has 0 aromatic heterocycles. The van der Waals surface area contributed by atoms with Crippen LogP contribution >= 0.6 is 0 Å². The lowest BCUT2D eigenvalue weighted by Crippen LogP contribution is -2.23. The van der Waals surface area contributed by atoms with Gasteiger partial charge in [-0.1, -0.05) is 0 Å². The lowest BCUT2D eigenvalue weighted by molar-refractivity contribution is -0.385. The predicted octanol–water partition coefficient (Wildman–Crippen LogP) is 2.56. The fourth-order valence-corrected chi connectivity index (χ4v) is 1.34. The molecule has 6 heteroatoms. The van der Waals surface area contributed by atoms with Gasteiger partial charge in [-0.2, -0.15) is 0 Å². The summed E-state index contributed by atoms with van der Waals surface area (Å²) in [5.74, 6) is -0.380. The number of non-ortho nitro benzene ring substituents is 1. The normalized spacial score (nSPS) is 10.9. The van der Waals surface area contributed by atoms with E-state index in [2.05, 4.69) is 4.74 Å². The minimum Gasteiger partial charge on any atom is -0.488 e. The fourth-order valence-electron chi connectivity index (χ4n) is 1.34. The van der Waals surface area contributed by atoms with Crippen LogP contribution in [-0.4, -0.2) is 23.6 Å². The molecule has 0 saturated carbocycles. The van der Waals surface area contributed by atoms with Crippen molar-refractivity contribution >= 4 is 11.7 Å². The van der Waals surface area contributed by atoms with Crippen molar-refractivity contribution in [3.8, 4) is 5.75 Å². The van der Waals surface area contributed by atoms with E-state index >= 15 is 0 Å². The van der Waals surface area contributed by atoms with Gasteiger partial charge in [0.15, 0.2) is 0 Å². The van der Waals surface area contributed by atoms with Crippen molar-refractivity contribution in [1.29, 1.82) is 0 Å². The van der Waals surface area contributed by atoms with Crippen LogP contribution in [0.2, 0.25) is 0 Å². The molecule has 0 radical (unpaired) electrons. The molecule has 18 heavy (non-hydrogen) atoms. The second kappa shape index (κ2) is 5.03. The summed E-state index contributed by atoms with van der Waals surface area (Å²) < 4.78 is 10.1. The Morgan fingerprint density at radius 3 is 2.33 bits per heavy atom. The van der Waals surface area contributed by atoms with Crippen LogP contribution in [0.4, 0.5) is 5.69 Å². The molecule has 0 amide bonds. The van der Waals surface area contributed by atoms with E-state index in [0.717, 1.165) is 6.07 Å². The van der Waals surface area contributed by atoms with Gasteiger partial charge in [0.2, 0.25) is 0 Å². The van der Waals surface area contributed by atoms with Gasteiger partial charge in [-0.15, -0.1) is 0 Å². The van der Waals surface area contributed by atoms with Gasteiger partial charge in [-0.05, 0) is 26.8 Å². The molecule has 0 aliphatic heterocycles. The summed E-state index contributed by atoms with van der Waals surface area (Å²) in [6, 6.07) is 3.85. The molecule has 1 aromatic carbocycles.